The molecule has 0 spiro atoms. The highest BCUT2D eigenvalue weighted by Gasteiger charge is 2.18. The lowest BCUT2D eigenvalue weighted by Crippen LogP contribution is -2.23. The molecular weight excluding hydrogens is 280 g/mol. The van der Waals surface area contributed by atoms with Gasteiger partial charge in [0, 0.05) is 13.1 Å². The Morgan fingerprint density at radius 3 is 2.90 bits per heavy atom. The van der Waals surface area contributed by atoms with E-state index in [-0.39, 0.29) is 17.3 Å². The van der Waals surface area contributed by atoms with E-state index < -0.39 is 10.0 Å². The summed E-state index contributed by atoms with van der Waals surface area (Å²) in [7, 11) is -3.58. The van der Waals surface area contributed by atoms with Crippen LogP contribution in [0.25, 0.3) is 0 Å². The van der Waals surface area contributed by atoms with Crippen molar-refractivity contribution in [3.63, 3.8) is 0 Å². The molecule has 1 aromatic heterocycles. The number of rotatable bonds is 4. The van der Waals surface area contributed by atoms with Gasteiger partial charge in [-0.15, -0.1) is 0 Å². The first kappa shape index (κ1) is 13.2. The van der Waals surface area contributed by atoms with Crippen molar-refractivity contribution in [2.45, 2.75) is 31.5 Å². The van der Waals surface area contributed by atoms with Crippen LogP contribution in [0.15, 0.2) is 27.6 Å². The number of nitrogens with zero attached hydrogens (tertiary/aromatic N) is 2. The standard InChI is InChI=1S/C12H14N4O3S/c1-8-15-12(19-16-8)7-14-20(17,18)11-3-2-9-5-13-6-10(9)4-11/h2-4,13-14H,5-7H2,1H3. The van der Waals surface area contributed by atoms with Gasteiger partial charge in [0.2, 0.25) is 15.9 Å². The maximum atomic E-state index is 12.2. The molecule has 0 aliphatic carbocycles. The predicted molar refractivity (Wildman–Crippen MR) is 70.0 cm³/mol. The maximum Gasteiger partial charge on any atom is 0.241 e. The van der Waals surface area contributed by atoms with Gasteiger partial charge in [0.05, 0.1) is 11.4 Å². The van der Waals surface area contributed by atoms with Crippen LogP contribution in [0, 0.1) is 6.92 Å². The Balaban J connectivity index is 1.78. The van der Waals surface area contributed by atoms with Crippen molar-refractivity contribution in [3.8, 4) is 0 Å². The van der Waals surface area contributed by atoms with Gasteiger partial charge >= 0.3 is 0 Å². The lowest BCUT2D eigenvalue weighted by Gasteiger charge is -2.06. The fourth-order valence-electron chi connectivity index (χ4n) is 2.09. The van der Waals surface area contributed by atoms with Crippen LogP contribution in [-0.4, -0.2) is 18.6 Å². The molecule has 0 fully saturated rings. The summed E-state index contributed by atoms with van der Waals surface area (Å²) in [4.78, 5) is 4.20. The number of hydrogen-bond acceptors (Lipinski definition) is 6. The first-order valence-electron chi connectivity index (χ1n) is 6.16. The minimum absolute atomic E-state index is 0.0154. The summed E-state index contributed by atoms with van der Waals surface area (Å²) in [6.45, 7) is 3.14. The SMILES string of the molecule is Cc1noc(CNS(=O)(=O)c2ccc3c(c2)CNC3)n1. The summed E-state index contributed by atoms with van der Waals surface area (Å²) >= 11 is 0. The molecule has 0 radical (unpaired) electrons. The Hall–Kier alpha value is -1.77. The summed E-state index contributed by atoms with van der Waals surface area (Å²) in [5, 5.41) is 6.79. The van der Waals surface area contributed by atoms with E-state index in [4.69, 9.17) is 4.52 Å². The second kappa shape index (κ2) is 4.97. The van der Waals surface area contributed by atoms with Crippen molar-refractivity contribution < 1.29 is 12.9 Å². The van der Waals surface area contributed by atoms with Gasteiger partial charge in [0.1, 0.15) is 0 Å². The molecule has 1 aliphatic rings. The molecule has 20 heavy (non-hydrogen) atoms. The fourth-order valence-corrected chi connectivity index (χ4v) is 3.11. The summed E-state index contributed by atoms with van der Waals surface area (Å²) < 4.78 is 31.7. The van der Waals surface area contributed by atoms with Crippen molar-refractivity contribution in [3.05, 3.63) is 41.0 Å². The van der Waals surface area contributed by atoms with Crippen molar-refractivity contribution in [1.82, 2.24) is 20.2 Å². The highest BCUT2D eigenvalue weighted by atomic mass is 32.2. The van der Waals surface area contributed by atoms with Gasteiger partial charge in [-0.2, -0.15) is 4.98 Å². The smallest absolute Gasteiger partial charge is 0.241 e. The van der Waals surface area contributed by atoms with Gasteiger partial charge < -0.3 is 9.84 Å². The molecular formula is C12H14N4O3S. The largest absolute Gasteiger partial charge is 0.338 e. The van der Waals surface area contributed by atoms with Gasteiger partial charge in [-0.25, -0.2) is 13.1 Å². The number of nitrogens with one attached hydrogen (secondary N) is 2. The molecule has 0 unspecified atom stereocenters. The third-order valence-electron chi connectivity index (χ3n) is 3.10. The van der Waals surface area contributed by atoms with Crippen LogP contribution >= 0.6 is 0 Å². The Kier molecular flexibility index (Phi) is 3.28. The molecule has 2 heterocycles. The Morgan fingerprint density at radius 2 is 2.15 bits per heavy atom. The lowest BCUT2D eigenvalue weighted by molar-refractivity contribution is 0.372. The normalized spacial score (nSPS) is 14.4. The number of benzene rings is 1. The summed E-state index contributed by atoms with van der Waals surface area (Å²) in [6, 6.07) is 5.13. The summed E-state index contributed by atoms with van der Waals surface area (Å²) in [5.41, 5.74) is 2.15. The number of fused-ring (bicyclic) bond motifs is 1. The van der Waals surface area contributed by atoms with Crippen LogP contribution in [0.4, 0.5) is 0 Å². The van der Waals surface area contributed by atoms with Crippen LogP contribution in [0.3, 0.4) is 0 Å². The Labute approximate surface area is 116 Å². The molecule has 0 atom stereocenters. The molecule has 0 saturated carbocycles. The Bertz CT molecular complexity index is 739. The molecule has 2 aromatic rings. The minimum Gasteiger partial charge on any atom is -0.338 e. The quantitative estimate of drug-likeness (QED) is 0.850. The second-order valence-electron chi connectivity index (χ2n) is 4.59. The van der Waals surface area contributed by atoms with Crippen molar-refractivity contribution in [2.24, 2.45) is 0 Å². The van der Waals surface area contributed by atoms with E-state index in [1.54, 1.807) is 19.1 Å². The number of aryl methyl sites for hydroxylation is 1. The zero-order valence-electron chi connectivity index (χ0n) is 10.9. The molecule has 106 valence electrons. The molecule has 1 aromatic carbocycles. The molecule has 0 saturated heterocycles. The number of hydrogen-bond donors (Lipinski definition) is 2. The van der Waals surface area contributed by atoms with Gasteiger partial charge in [-0.3, -0.25) is 0 Å². The fraction of sp³-hybridized carbons (Fsp3) is 0.333. The molecule has 3 rings (SSSR count). The zero-order valence-corrected chi connectivity index (χ0v) is 11.7. The van der Waals surface area contributed by atoms with Gasteiger partial charge in [-0.05, 0) is 30.2 Å². The highest BCUT2D eigenvalue weighted by molar-refractivity contribution is 7.89. The molecule has 1 aliphatic heterocycles. The Morgan fingerprint density at radius 1 is 1.35 bits per heavy atom. The molecule has 0 amide bonds. The van der Waals surface area contributed by atoms with E-state index in [0.717, 1.165) is 17.7 Å². The van der Waals surface area contributed by atoms with Gasteiger partial charge in [0.15, 0.2) is 5.82 Å². The van der Waals surface area contributed by atoms with Crippen LogP contribution in [0.5, 0.6) is 0 Å². The third-order valence-corrected chi connectivity index (χ3v) is 4.50. The minimum atomic E-state index is -3.58. The lowest BCUT2D eigenvalue weighted by atomic mass is 10.1. The highest BCUT2D eigenvalue weighted by Crippen LogP contribution is 2.20. The summed E-state index contributed by atoms with van der Waals surface area (Å²) in [5.74, 6) is 0.719. The van der Waals surface area contributed by atoms with Gasteiger partial charge in [0.25, 0.3) is 0 Å². The van der Waals surface area contributed by atoms with Crippen LogP contribution in [-0.2, 0) is 29.7 Å². The molecule has 2 N–H and O–H groups in total. The van der Waals surface area contributed by atoms with E-state index in [9.17, 15) is 8.42 Å². The monoisotopic (exact) mass is 294 g/mol. The topological polar surface area (TPSA) is 97.1 Å². The molecule has 8 heteroatoms. The first-order valence-corrected chi connectivity index (χ1v) is 7.64. The van der Waals surface area contributed by atoms with E-state index in [1.807, 2.05) is 6.07 Å². The first-order chi connectivity index (χ1) is 9.54. The van der Waals surface area contributed by atoms with E-state index >= 15 is 0 Å². The second-order valence-corrected chi connectivity index (χ2v) is 6.36. The van der Waals surface area contributed by atoms with Crippen molar-refractivity contribution in [2.75, 3.05) is 0 Å². The van der Waals surface area contributed by atoms with E-state index in [2.05, 4.69) is 20.2 Å². The van der Waals surface area contributed by atoms with Crippen LogP contribution in [0.1, 0.15) is 22.8 Å². The average molecular weight is 294 g/mol. The van der Waals surface area contributed by atoms with Crippen molar-refractivity contribution in [1.29, 1.82) is 0 Å². The summed E-state index contributed by atoms with van der Waals surface area (Å²) in [6.07, 6.45) is 0. The number of aromatic nitrogens is 2. The average Bonchev–Trinajstić information content (AvgIpc) is 3.04. The van der Waals surface area contributed by atoms with Crippen LogP contribution in [0.2, 0.25) is 0 Å². The van der Waals surface area contributed by atoms with Crippen LogP contribution < -0.4 is 10.0 Å². The number of sulfonamides is 1. The third kappa shape index (κ3) is 2.58. The zero-order chi connectivity index (χ0) is 14.2. The predicted octanol–water partition coefficient (Wildman–Crippen LogP) is 0.460. The van der Waals surface area contributed by atoms with Gasteiger partial charge in [-0.1, -0.05) is 11.2 Å². The van der Waals surface area contributed by atoms with E-state index in [0.29, 0.717) is 12.4 Å². The van der Waals surface area contributed by atoms with Crippen molar-refractivity contribution >= 4 is 10.0 Å². The molecule has 0 bridgehead atoms. The van der Waals surface area contributed by atoms with E-state index in [1.165, 1.54) is 0 Å². The maximum absolute atomic E-state index is 12.2. The molecule has 7 nitrogen and oxygen atoms in total.